The first-order valence-corrected chi connectivity index (χ1v) is 7.13. The van der Waals surface area contributed by atoms with Gasteiger partial charge in [-0.25, -0.2) is 4.79 Å². The molecule has 0 fully saturated rings. The Labute approximate surface area is 156 Å². The van der Waals surface area contributed by atoms with Crippen LogP contribution in [0.5, 0.6) is 0 Å². The Bertz CT molecular complexity index is 534. The molecule has 0 unspecified atom stereocenters. The van der Waals surface area contributed by atoms with Crippen molar-refractivity contribution in [1.29, 1.82) is 0 Å². The van der Waals surface area contributed by atoms with E-state index in [-0.39, 0.29) is 36.5 Å². The zero-order chi connectivity index (χ0) is 17.3. The van der Waals surface area contributed by atoms with Gasteiger partial charge in [0, 0.05) is 20.1 Å². The molecular formula is C15H21F3IN3O2. The van der Waals surface area contributed by atoms with Crippen molar-refractivity contribution in [1.82, 2.24) is 10.6 Å². The summed E-state index contributed by atoms with van der Waals surface area (Å²) >= 11 is 0. The highest BCUT2D eigenvalue weighted by Gasteiger charge is 2.26. The van der Waals surface area contributed by atoms with Crippen LogP contribution >= 0.6 is 24.0 Å². The third-order valence-corrected chi connectivity index (χ3v) is 2.85. The summed E-state index contributed by atoms with van der Waals surface area (Å²) in [6.07, 6.45) is -5.13. The summed E-state index contributed by atoms with van der Waals surface area (Å²) in [5.74, 6) is -0.111. The maximum absolute atomic E-state index is 12.1. The van der Waals surface area contributed by atoms with Crippen molar-refractivity contribution in [2.24, 2.45) is 4.99 Å². The molecule has 1 rings (SSSR count). The number of guanidine groups is 1. The minimum Gasteiger partial charge on any atom is -0.462 e. The second-order valence-corrected chi connectivity index (χ2v) is 4.64. The quantitative estimate of drug-likeness (QED) is 0.297. The number of ether oxygens (including phenoxy) is 1. The Morgan fingerprint density at radius 1 is 1.21 bits per heavy atom. The number of alkyl halides is 3. The van der Waals surface area contributed by atoms with Gasteiger partial charge in [0.05, 0.1) is 18.6 Å². The number of nitrogens with one attached hydrogen (secondary N) is 2. The van der Waals surface area contributed by atoms with E-state index in [2.05, 4.69) is 15.6 Å². The van der Waals surface area contributed by atoms with Crippen molar-refractivity contribution in [2.75, 3.05) is 20.2 Å². The van der Waals surface area contributed by atoms with Gasteiger partial charge in [0.1, 0.15) is 0 Å². The third kappa shape index (κ3) is 8.94. The number of halogens is 4. The fourth-order valence-electron chi connectivity index (χ4n) is 1.70. The lowest BCUT2D eigenvalue weighted by molar-refractivity contribution is -0.132. The second kappa shape index (κ2) is 11.1. The molecule has 9 heteroatoms. The molecule has 0 spiro atoms. The molecule has 0 bridgehead atoms. The normalized spacial score (nSPS) is 11.5. The van der Waals surface area contributed by atoms with Crippen LogP contribution in [0.1, 0.15) is 29.3 Å². The van der Waals surface area contributed by atoms with E-state index in [0.29, 0.717) is 18.7 Å². The van der Waals surface area contributed by atoms with Gasteiger partial charge in [-0.15, -0.1) is 24.0 Å². The molecule has 0 aliphatic rings. The van der Waals surface area contributed by atoms with Crippen LogP contribution in [0.2, 0.25) is 0 Å². The maximum atomic E-state index is 12.1. The zero-order valence-electron chi connectivity index (χ0n) is 13.4. The van der Waals surface area contributed by atoms with Crippen molar-refractivity contribution in [3.05, 3.63) is 35.4 Å². The predicted octanol–water partition coefficient (Wildman–Crippen LogP) is 3.10. The fourth-order valence-corrected chi connectivity index (χ4v) is 1.70. The van der Waals surface area contributed by atoms with Crippen molar-refractivity contribution < 1.29 is 22.7 Å². The van der Waals surface area contributed by atoms with Gasteiger partial charge in [-0.05, 0) is 24.6 Å². The van der Waals surface area contributed by atoms with Crippen LogP contribution < -0.4 is 10.6 Å². The van der Waals surface area contributed by atoms with Gasteiger partial charge in [-0.3, -0.25) is 4.99 Å². The first-order valence-electron chi connectivity index (χ1n) is 7.13. The highest BCUT2D eigenvalue weighted by Crippen LogP contribution is 2.18. The monoisotopic (exact) mass is 459 g/mol. The summed E-state index contributed by atoms with van der Waals surface area (Å²) in [5.41, 5.74) is 1.31. The Kier molecular flexibility index (Phi) is 10.4. The Morgan fingerprint density at radius 2 is 1.83 bits per heavy atom. The van der Waals surface area contributed by atoms with Crippen LogP contribution in [-0.4, -0.2) is 38.3 Å². The van der Waals surface area contributed by atoms with Crippen molar-refractivity contribution in [3.63, 3.8) is 0 Å². The van der Waals surface area contributed by atoms with E-state index in [1.54, 1.807) is 31.2 Å². The molecule has 0 saturated heterocycles. The van der Waals surface area contributed by atoms with E-state index >= 15 is 0 Å². The average Bonchev–Trinajstić information content (AvgIpc) is 2.50. The van der Waals surface area contributed by atoms with Gasteiger partial charge in [-0.1, -0.05) is 12.1 Å². The summed E-state index contributed by atoms with van der Waals surface area (Å²) in [6, 6.07) is 6.74. The number of carbonyl (C=O) groups is 1. The number of aliphatic imine (C=N–C) groups is 1. The van der Waals surface area contributed by atoms with E-state index in [4.69, 9.17) is 4.74 Å². The largest absolute Gasteiger partial charge is 0.462 e. The molecule has 1 aromatic rings. The Hall–Kier alpha value is -1.52. The van der Waals surface area contributed by atoms with E-state index in [0.717, 1.165) is 5.56 Å². The lowest BCUT2D eigenvalue weighted by Crippen LogP contribution is -2.38. The highest BCUT2D eigenvalue weighted by atomic mass is 127. The van der Waals surface area contributed by atoms with Crippen LogP contribution in [0, 0.1) is 0 Å². The topological polar surface area (TPSA) is 62.7 Å². The summed E-state index contributed by atoms with van der Waals surface area (Å²) < 4.78 is 41.1. The predicted molar refractivity (Wildman–Crippen MR) is 96.7 cm³/mol. The summed E-state index contributed by atoms with van der Waals surface area (Å²) in [6.45, 7) is 2.16. The molecule has 0 atom stereocenters. The number of nitrogens with zero attached hydrogens (tertiary/aromatic N) is 1. The molecule has 136 valence electrons. The van der Waals surface area contributed by atoms with Gasteiger partial charge in [-0.2, -0.15) is 13.2 Å². The van der Waals surface area contributed by atoms with E-state index in [1.807, 2.05) is 0 Å². The molecule has 0 heterocycles. The van der Waals surface area contributed by atoms with Crippen molar-refractivity contribution in [3.8, 4) is 0 Å². The van der Waals surface area contributed by atoms with Crippen molar-refractivity contribution >= 4 is 35.9 Å². The molecule has 0 aromatic heterocycles. The molecule has 24 heavy (non-hydrogen) atoms. The number of carbonyl (C=O) groups excluding carboxylic acids is 1. The van der Waals surface area contributed by atoms with Crippen LogP contribution in [0.25, 0.3) is 0 Å². The number of hydrogen-bond acceptors (Lipinski definition) is 3. The fraction of sp³-hybridized carbons (Fsp3) is 0.467. The van der Waals surface area contributed by atoms with Crippen LogP contribution in [0.4, 0.5) is 13.2 Å². The minimum absolute atomic E-state index is 0. The molecule has 0 aliphatic heterocycles. The number of esters is 1. The smallest absolute Gasteiger partial charge is 0.390 e. The molecule has 1 aromatic carbocycles. The average molecular weight is 459 g/mol. The summed E-state index contributed by atoms with van der Waals surface area (Å²) in [7, 11) is 1.48. The lowest BCUT2D eigenvalue weighted by Gasteiger charge is -2.13. The van der Waals surface area contributed by atoms with E-state index < -0.39 is 18.6 Å². The molecule has 2 N–H and O–H groups in total. The van der Waals surface area contributed by atoms with Gasteiger partial charge in [0.25, 0.3) is 0 Å². The summed E-state index contributed by atoms with van der Waals surface area (Å²) in [5, 5.41) is 5.49. The molecular weight excluding hydrogens is 438 g/mol. The standard InChI is InChI=1S/C15H20F3N3O2.HI/c1-3-23-13(22)12-6-4-11(5-7-12)10-21-14(19-2)20-9-8-15(16,17)18;/h4-7H,3,8-10H2,1-2H3,(H2,19,20,21);1H. The Balaban J connectivity index is 0.00000529. The number of hydrogen-bond donors (Lipinski definition) is 2. The third-order valence-electron chi connectivity index (χ3n) is 2.85. The van der Waals surface area contributed by atoms with Crippen molar-refractivity contribution in [2.45, 2.75) is 26.1 Å². The molecule has 0 amide bonds. The van der Waals surface area contributed by atoms with Crippen LogP contribution in [-0.2, 0) is 11.3 Å². The van der Waals surface area contributed by atoms with Crippen LogP contribution in [0.15, 0.2) is 29.3 Å². The molecule has 5 nitrogen and oxygen atoms in total. The van der Waals surface area contributed by atoms with E-state index in [1.165, 1.54) is 7.05 Å². The number of benzene rings is 1. The molecule has 0 radical (unpaired) electrons. The van der Waals surface area contributed by atoms with Crippen LogP contribution in [0.3, 0.4) is 0 Å². The lowest BCUT2D eigenvalue weighted by atomic mass is 10.1. The maximum Gasteiger partial charge on any atom is 0.390 e. The highest BCUT2D eigenvalue weighted by molar-refractivity contribution is 14.0. The zero-order valence-corrected chi connectivity index (χ0v) is 15.8. The van der Waals surface area contributed by atoms with Gasteiger partial charge in [0.15, 0.2) is 5.96 Å². The minimum atomic E-state index is -4.20. The van der Waals surface area contributed by atoms with Gasteiger partial charge >= 0.3 is 12.1 Å². The molecule has 0 saturated carbocycles. The second-order valence-electron chi connectivity index (χ2n) is 4.64. The number of rotatable bonds is 6. The Morgan fingerprint density at radius 3 is 2.33 bits per heavy atom. The van der Waals surface area contributed by atoms with Gasteiger partial charge < -0.3 is 15.4 Å². The first kappa shape index (κ1) is 22.5. The van der Waals surface area contributed by atoms with Gasteiger partial charge in [0.2, 0.25) is 0 Å². The first-order chi connectivity index (χ1) is 10.9. The SMILES string of the molecule is CCOC(=O)c1ccc(CNC(=NC)NCCC(F)(F)F)cc1.I. The summed E-state index contributed by atoms with van der Waals surface area (Å²) in [4.78, 5) is 15.4. The van der Waals surface area contributed by atoms with E-state index in [9.17, 15) is 18.0 Å². The molecule has 0 aliphatic carbocycles.